The molecule has 0 saturated carbocycles. The summed E-state index contributed by atoms with van der Waals surface area (Å²) in [7, 11) is 9.01. The van der Waals surface area contributed by atoms with Crippen molar-refractivity contribution in [3.8, 4) is 11.3 Å². The number of hydrogen-bond acceptors (Lipinski definition) is 11. The average Bonchev–Trinajstić information content (AvgIpc) is 3.81. The molecule has 65 heavy (non-hydrogen) atoms. The van der Waals surface area contributed by atoms with E-state index in [1.807, 2.05) is 31.7 Å². The van der Waals surface area contributed by atoms with Gasteiger partial charge in [0.05, 0.1) is 75.4 Å². The predicted molar refractivity (Wildman–Crippen MR) is 253 cm³/mol. The fourth-order valence-corrected chi connectivity index (χ4v) is 12.8. The third-order valence-electron chi connectivity index (χ3n) is 13.7. The number of benzene rings is 1. The molecular weight excluding hydrogens is 877 g/mol. The highest BCUT2D eigenvalue weighted by Crippen LogP contribution is 2.45. The van der Waals surface area contributed by atoms with Crippen molar-refractivity contribution in [3.63, 3.8) is 0 Å². The number of fused-ring (bicyclic) bond motifs is 8. The lowest BCUT2D eigenvalue weighted by Crippen LogP contribution is -2.69. The van der Waals surface area contributed by atoms with Gasteiger partial charge in [-0.1, -0.05) is 33.8 Å². The maximum absolute atomic E-state index is 14.7. The number of rotatable bonds is 9. The number of urea groups is 1. The molecule has 4 amide bonds. The highest BCUT2D eigenvalue weighted by molar-refractivity contribution is 8.03. The number of esters is 1. The van der Waals surface area contributed by atoms with Crippen LogP contribution in [0.25, 0.3) is 27.9 Å². The van der Waals surface area contributed by atoms with Crippen molar-refractivity contribution in [1.82, 2.24) is 39.7 Å². The Hall–Kier alpha value is -4.21. The van der Waals surface area contributed by atoms with E-state index in [0.717, 1.165) is 51.1 Å². The molecule has 8 rings (SSSR count). The molecule has 7 atom stereocenters. The van der Waals surface area contributed by atoms with Crippen LogP contribution in [0.2, 0.25) is 5.54 Å². The number of thioether (sulfide) groups is 1. The minimum Gasteiger partial charge on any atom is -0.464 e. The van der Waals surface area contributed by atoms with E-state index in [9.17, 15) is 19.2 Å². The maximum Gasteiger partial charge on any atom is 0.324 e. The summed E-state index contributed by atoms with van der Waals surface area (Å²) in [6, 6.07) is 9.11. The summed E-state index contributed by atoms with van der Waals surface area (Å²) in [5.74, 6) is -1.07. The number of aromatic nitrogens is 2. The van der Waals surface area contributed by atoms with Crippen LogP contribution in [0.4, 0.5) is 4.79 Å². The Morgan fingerprint density at radius 1 is 1.18 bits per heavy atom. The first-order valence-electron chi connectivity index (χ1n) is 22.9. The number of cyclic esters (lactones) is 1. The zero-order chi connectivity index (χ0) is 46.5. The zero-order valence-electron chi connectivity index (χ0n) is 39.1. The molecule has 3 unspecified atom stereocenters. The Morgan fingerprint density at radius 2 is 1.94 bits per heavy atom. The number of hydrogen-bond donors (Lipinski definition) is 2. The quantitative estimate of drug-likeness (QED) is 0.218. The van der Waals surface area contributed by atoms with Crippen molar-refractivity contribution in [1.29, 1.82) is 0 Å². The van der Waals surface area contributed by atoms with Gasteiger partial charge in [0, 0.05) is 62.4 Å². The SMILES string of the molecule is CCn1c(-c2cccnc2[C@@](C)([Si])OC)c2c3cc(ccc31)C1=CSC(C[C@H]([Si]NC(=O)[C@H](C(C)C)N(C)C(=O)N3C4COCC3C4)C(=O)N3CCC[C@H](N3)C(=O)OCC(C)(C)C2)N1C. The molecule has 0 spiro atoms. The molecule has 7 heterocycles. The van der Waals surface area contributed by atoms with E-state index in [2.05, 4.69) is 87.6 Å². The number of nitrogens with one attached hydrogen (secondary N) is 2. The Bertz CT molecular complexity index is 2340. The standard InChI is InChI=1S/C47H63N8O7SSi2/c1-10-53-35-16-15-28-19-32(35)33(40(53)31-13-11-17-48-41(31)47(6,64)60-9)22-46(4,5)26-62-44(58)34-14-12-18-54(49-34)43(57)37(21-38-51(7)36(28)25-63-38)65-50-42(56)39(27(2)3)52(8)45(59)55-29-20-30(55)24-61-23-29/h11,13,15-17,19,25,27,29-30,34,37-39,49H,10,12,14,18,20-24,26H2,1-9H3,(H,50,56)/t29?,30?,34-,37-,38?,39-,47+/m0/s1. The summed E-state index contributed by atoms with van der Waals surface area (Å²) in [5.41, 5.74) is 9.16. The molecular formula is C47H63N8O7SSi2. The molecule has 5 aliphatic heterocycles. The summed E-state index contributed by atoms with van der Waals surface area (Å²) in [6.45, 7) is 14.5. The number of carbonyl (C=O) groups is 4. The van der Waals surface area contributed by atoms with Crippen molar-refractivity contribution in [2.45, 2.75) is 120 Å². The molecule has 2 N–H and O–H groups in total. The van der Waals surface area contributed by atoms with Gasteiger partial charge in [0.25, 0.3) is 0 Å². The molecule has 1 aromatic carbocycles. The molecule has 0 aliphatic carbocycles. The maximum atomic E-state index is 14.7. The summed E-state index contributed by atoms with van der Waals surface area (Å²) in [4.78, 5) is 70.2. The molecule has 5 radical (unpaired) electrons. The fourth-order valence-electron chi connectivity index (χ4n) is 10.2. The van der Waals surface area contributed by atoms with Gasteiger partial charge >= 0.3 is 12.0 Å². The van der Waals surface area contributed by atoms with Gasteiger partial charge in [0.2, 0.25) is 11.8 Å². The van der Waals surface area contributed by atoms with E-state index < -0.39 is 34.2 Å². The number of hydrazine groups is 1. The largest absolute Gasteiger partial charge is 0.464 e. The molecule has 18 heteroatoms. The molecule has 2 aromatic heterocycles. The normalized spacial score (nSPS) is 25.9. The Kier molecular flexibility index (Phi) is 13.7. The van der Waals surface area contributed by atoms with E-state index in [4.69, 9.17) is 19.2 Å². The number of methoxy groups -OCH3 is 1. The van der Waals surface area contributed by atoms with E-state index in [1.165, 1.54) is 0 Å². The monoisotopic (exact) mass is 939 g/mol. The molecule has 8 bridgehead atoms. The zero-order valence-corrected chi connectivity index (χ0v) is 41.9. The Balaban J connectivity index is 1.13. The number of amides is 4. The van der Waals surface area contributed by atoms with Crippen LogP contribution in [0.5, 0.6) is 0 Å². The second-order valence-corrected chi connectivity index (χ2v) is 22.6. The van der Waals surface area contributed by atoms with Crippen LogP contribution in [0.1, 0.15) is 84.0 Å². The summed E-state index contributed by atoms with van der Waals surface area (Å²) >= 11 is 1.66. The van der Waals surface area contributed by atoms with Crippen molar-refractivity contribution >= 4 is 72.1 Å². The van der Waals surface area contributed by atoms with Gasteiger partial charge in [-0.25, -0.2) is 10.2 Å². The fraction of sp³-hybridized carbons (Fsp3) is 0.596. The van der Waals surface area contributed by atoms with Gasteiger partial charge < -0.3 is 38.5 Å². The molecule has 15 nitrogen and oxygen atoms in total. The van der Waals surface area contributed by atoms with Crippen LogP contribution >= 0.6 is 11.8 Å². The minimum absolute atomic E-state index is 0.0289. The molecule has 3 fully saturated rings. The lowest BCUT2D eigenvalue weighted by Gasteiger charge is -2.53. The number of likely N-dealkylation sites (N-methyl/N-ethyl adjacent to an activating group) is 1. The number of ether oxygens (including phenoxy) is 3. The summed E-state index contributed by atoms with van der Waals surface area (Å²) < 4.78 is 20.0. The van der Waals surface area contributed by atoms with Crippen LogP contribution < -0.4 is 10.4 Å². The smallest absolute Gasteiger partial charge is 0.324 e. The number of carbonyl (C=O) groups excluding carboxylic acids is 4. The lowest BCUT2D eigenvalue weighted by atomic mass is 9.84. The topological polar surface area (TPSA) is 151 Å². The van der Waals surface area contributed by atoms with E-state index in [-0.39, 0.29) is 57.5 Å². The Labute approximate surface area is 393 Å². The van der Waals surface area contributed by atoms with Crippen LogP contribution in [0, 0.1) is 11.3 Å². The second-order valence-electron chi connectivity index (χ2n) is 19.4. The van der Waals surface area contributed by atoms with Crippen molar-refractivity contribution in [2.24, 2.45) is 11.3 Å². The van der Waals surface area contributed by atoms with Crippen molar-refractivity contribution < 1.29 is 33.4 Å². The minimum atomic E-state index is -0.855. The van der Waals surface area contributed by atoms with Gasteiger partial charge in [-0.2, -0.15) is 0 Å². The first-order valence-corrected chi connectivity index (χ1v) is 25.4. The molecule has 347 valence electrons. The first kappa shape index (κ1) is 47.3. The van der Waals surface area contributed by atoms with Gasteiger partial charge in [-0.15, -0.1) is 11.8 Å². The van der Waals surface area contributed by atoms with Gasteiger partial charge in [0.1, 0.15) is 12.1 Å². The number of pyridine rings is 1. The van der Waals surface area contributed by atoms with Crippen LogP contribution in [0.15, 0.2) is 41.9 Å². The summed E-state index contributed by atoms with van der Waals surface area (Å²) in [6.07, 6.45) is 4.86. The highest BCUT2D eigenvalue weighted by Gasteiger charge is 2.48. The van der Waals surface area contributed by atoms with E-state index >= 15 is 0 Å². The third kappa shape index (κ3) is 9.14. The van der Waals surface area contributed by atoms with Gasteiger partial charge in [-0.05, 0) is 92.7 Å². The molecule has 3 saturated heterocycles. The second kappa shape index (κ2) is 18.8. The van der Waals surface area contributed by atoms with Gasteiger partial charge in [-0.3, -0.25) is 24.4 Å². The predicted octanol–water partition coefficient (Wildman–Crippen LogP) is 5.10. The number of nitrogens with zero attached hydrogens (tertiary/aromatic N) is 6. The number of aryl methyl sites for hydroxylation is 1. The van der Waals surface area contributed by atoms with Crippen LogP contribution in [-0.2, 0) is 46.8 Å². The summed E-state index contributed by atoms with van der Waals surface area (Å²) in [5, 5.41) is 3.85. The molecule has 5 aliphatic rings. The van der Waals surface area contributed by atoms with E-state index in [0.29, 0.717) is 52.0 Å². The Morgan fingerprint density at radius 3 is 2.63 bits per heavy atom. The van der Waals surface area contributed by atoms with Crippen molar-refractivity contribution in [2.75, 3.05) is 47.6 Å². The van der Waals surface area contributed by atoms with Crippen LogP contribution in [-0.4, -0.2) is 150 Å². The van der Waals surface area contributed by atoms with Crippen molar-refractivity contribution in [3.05, 3.63) is 58.8 Å². The average molecular weight is 940 g/mol. The van der Waals surface area contributed by atoms with Crippen LogP contribution in [0.3, 0.4) is 0 Å². The highest BCUT2D eigenvalue weighted by atomic mass is 32.2. The first-order chi connectivity index (χ1) is 30.9. The third-order valence-corrected chi connectivity index (χ3v) is 16.6. The number of morpholine rings is 1. The van der Waals surface area contributed by atoms with E-state index in [1.54, 1.807) is 42.0 Å². The lowest BCUT2D eigenvalue weighted by molar-refractivity contribution is -0.154. The molecule has 3 aromatic rings. The van der Waals surface area contributed by atoms with Gasteiger partial charge in [0.15, 0.2) is 9.68 Å².